The topological polar surface area (TPSA) is 102 Å². The van der Waals surface area contributed by atoms with Crippen LogP contribution in [-0.2, 0) is 4.79 Å². The molecule has 0 aromatic rings. The van der Waals surface area contributed by atoms with Crippen LogP contribution in [0.1, 0.15) is 91.4 Å². The standard InChI is InChI=1S/C27H43NO4/c1-16(6-7-18(29)5-4-12-28)20-8-9-21-25-22(15-24(32)27(20,21)3)26(2)11-10-19(30)13-17(26)14-23(25)31/h16-17,19-25,30-32H,4-11,13-15H2,1-3H3/t16-,17+,19-,20-,21+,22+,23-,24+,25+,26+,27-/m1/s1. The summed E-state index contributed by atoms with van der Waals surface area (Å²) >= 11 is 0. The van der Waals surface area contributed by atoms with E-state index in [-0.39, 0.29) is 40.8 Å². The average Bonchev–Trinajstić information content (AvgIpc) is 3.11. The zero-order valence-corrected chi connectivity index (χ0v) is 20.2. The van der Waals surface area contributed by atoms with Gasteiger partial charge >= 0.3 is 0 Å². The molecule has 0 saturated heterocycles. The first kappa shape index (κ1) is 24.2. The van der Waals surface area contributed by atoms with Crippen molar-refractivity contribution in [3.05, 3.63) is 0 Å². The molecule has 3 N–H and O–H groups in total. The van der Waals surface area contributed by atoms with E-state index in [9.17, 15) is 20.1 Å². The van der Waals surface area contributed by atoms with Crippen LogP contribution >= 0.6 is 0 Å². The summed E-state index contributed by atoms with van der Waals surface area (Å²) in [5, 5.41) is 41.9. The van der Waals surface area contributed by atoms with Crippen molar-refractivity contribution < 1.29 is 20.1 Å². The lowest BCUT2D eigenvalue weighted by atomic mass is 9.43. The van der Waals surface area contributed by atoms with E-state index in [0.717, 1.165) is 51.4 Å². The molecule has 4 saturated carbocycles. The van der Waals surface area contributed by atoms with Crippen molar-refractivity contribution in [1.29, 1.82) is 5.26 Å². The third kappa shape index (κ3) is 3.85. The molecule has 0 radical (unpaired) electrons. The number of nitriles is 1. The molecular formula is C27H43NO4. The highest BCUT2D eigenvalue weighted by Gasteiger charge is 2.65. The Labute approximate surface area is 193 Å². The molecule has 0 aliphatic heterocycles. The van der Waals surface area contributed by atoms with Gasteiger partial charge in [-0.15, -0.1) is 0 Å². The molecule has 0 spiro atoms. The molecule has 0 aromatic heterocycles. The van der Waals surface area contributed by atoms with Gasteiger partial charge in [-0.05, 0) is 97.7 Å². The van der Waals surface area contributed by atoms with Crippen LogP contribution < -0.4 is 0 Å². The van der Waals surface area contributed by atoms with E-state index >= 15 is 0 Å². The number of aliphatic hydroxyl groups excluding tert-OH is 3. The van der Waals surface area contributed by atoms with Crippen molar-refractivity contribution >= 4 is 5.78 Å². The van der Waals surface area contributed by atoms with Crippen LogP contribution in [0, 0.1) is 57.7 Å². The predicted molar refractivity (Wildman–Crippen MR) is 122 cm³/mol. The average molecular weight is 446 g/mol. The lowest BCUT2D eigenvalue weighted by molar-refractivity contribution is -0.207. The molecule has 0 aromatic carbocycles. The second-order valence-electron chi connectivity index (χ2n) is 12.2. The number of hydrogen-bond donors (Lipinski definition) is 3. The fraction of sp³-hybridized carbons (Fsp3) is 0.926. The van der Waals surface area contributed by atoms with Gasteiger partial charge in [0.2, 0.25) is 0 Å². The Balaban J connectivity index is 1.52. The van der Waals surface area contributed by atoms with E-state index in [1.807, 2.05) is 0 Å². The quantitative estimate of drug-likeness (QED) is 0.568. The normalized spacial score (nSPS) is 48.8. The number of nitrogens with zero attached hydrogens (tertiary/aromatic N) is 1. The zero-order valence-electron chi connectivity index (χ0n) is 20.2. The number of fused-ring (bicyclic) bond motifs is 5. The molecule has 0 amide bonds. The number of carbonyl (C=O) groups is 1. The van der Waals surface area contributed by atoms with Gasteiger partial charge in [0.05, 0.1) is 24.4 Å². The molecule has 0 unspecified atom stereocenters. The summed E-state index contributed by atoms with van der Waals surface area (Å²) in [6.45, 7) is 6.85. The van der Waals surface area contributed by atoms with Gasteiger partial charge in [-0.2, -0.15) is 5.26 Å². The summed E-state index contributed by atoms with van der Waals surface area (Å²) in [6, 6.07) is 2.05. The molecule has 4 aliphatic carbocycles. The smallest absolute Gasteiger partial charge is 0.133 e. The predicted octanol–water partition coefficient (Wildman–Crippen LogP) is 4.24. The van der Waals surface area contributed by atoms with Crippen molar-refractivity contribution in [1.82, 2.24) is 0 Å². The van der Waals surface area contributed by atoms with Gasteiger partial charge < -0.3 is 15.3 Å². The third-order valence-electron chi connectivity index (χ3n) is 10.9. The maximum atomic E-state index is 12.1. The maximum absolute atomic E-state index is 12.1. The largest absolute Gasteiger partial charge is 0.393 e. The molecule has 180 valence electrons. The fourth-order valence-corrected chi connectivity index (χ4v) is 9.04. The number of rotatable bonds is 6. The number of aliphatic hydroxyl groups is 3. The van der Waals surface area contributed by atoms with Crippen LogP contribution in [0.4, 0.5) is 0 Å². The number of ketones is 1. The van der Waals surface area contributed by atoms with Crippen molar-refractivity contribution in [2.45, 2.75) is 110 Å². The van der Waals surface area contributed by atoms with Gasteiger partial charge in [-0.1, -0.05) is 20.8 Å². The molecule has 11 atom stereocenters. The fourth-order valence-electron chi connectivity index (χ4n) is 9.04. The number of hydrogen-bond acceptors (Lipinski definition) is 5. The minimum atomic E-state index is -0.382. The van der Waals surface area contributed by atoms with Crippen molar-refractivity contribution in [3.8, 4) is 6.07 Å². The van der Waals surface area contributed by atoms with Gasteiger partial charge in [0.15, 0.2) is 0 Å². The number of Topliss-reactive ketones (excluding diaryl/α,β-unsaturated/α-hetero) is 1. The first-order chi connectivity index (χ1) is 15.1. The van der Waals surface area contributed by atoms with Gasteiger partial charge in [0.1, 0.15) is 5.78 Å². The summed E-state index contributed by atoms with van der Waals surface area (Å²) in [4.78, 5) is 12.1. The third-order valence-corrected chi connectivity index (χ3v) is 10.9. The van der Waals surface area contributed by atoms with Crippen molar-refractivity contribution in [3.63, 3.8) is 0 Å². The van der Waals surface area contributed by atoms with E-state index in [4.69, 9.17) is 5.26 Å². The first-order valence-corrected chi connectivity index (χ1v) is 13.1. The van der Waals surface area contributed by atoms with Gasteiger partial charge in [-0.25, -0.2) is 0 Å². The second-order valence-corrected chi connectivity index (χ2v) is 12.2. The Morgan fingerprint density at radius 2 is 1.81 bits per heavy atom. The molecule has 0 heterocycles. The minimum Gasteiger partial charge on any atom is -0.393 e. The summed E-state index contributed by atoms with van der Waals surface area (Å²) in [5.41, 5.74) is -0.114. The van der Waals surface area contributed by atoms with Crippen LogP contribution in [0.2, 0.25) is 0 Å². The zero-order chi connectivity index (χ0) is 23.3. The lowest BCUT2D eigenvalue weighted by Crippen LogP contribution is -2.62. The molecule has 4 fully saturated rings. The Morgan fingerprint density at radius 1 is 1.06 bits per heavy atom. The Kier molecular flexibility index (Phi) is 6.80. The van der Waals surface area contributed by atoms with Crippen molar-refractivity contribution in [2.24, 2.45) is 46.3 Å². The van der Waals surface area contributed by atoms with Crippen LogP contribution in [0.15, 0.2) is 0 Å². The highest BCUT2D eigenvalue weighted by Crippen LogP contribution is 2.68. The highest BCUT2D eigenvalue weighted by atomic mass is 16.3. The van der Waals surface area contributed by atoms with Crippen LogP contribution in [-0.4, -0.2) is 39.4 Å². The van der Waals surface area contributed by atoms with E-state index < -0.39 is 0 Å². The van der Waals surface area contributed by atoms with E-state index in [2.05, 4.69) is 26.8 Å². The Morgan fingerprint density at radius 3 is 2.53 bits per heavy atom. The van der Waals surface area contributed by atoms with Gasteiger partial charge in [0.25, 0.3) is 0 Å². The minimum absolute atomic E-state index is 0.0995. The highest BCUT2D eigenvalue weighted by molar-refractivity contribution is 5.78. The molecule has 4 aliphatic rings. The maximum Gasteiger partial charge on any atom is 0.133 e. The van der Waals surface area contributed by atoms with Gasteiger partial charge in [-0.3, -0.25) is 4.79 Å². The van der Waals surface area contributed by atoms with Crippen molar-refractivity contribution in [2.75, 3.05) is 0 Å². The van der Waals surface area contributed by atoms with Gasteiger partial charge in [0, 0.05) is 19.3 Å². The van der Waals surface area contributed by atoms with E-state index in [1.165, 1.54) is 0 Å². The molecule has 4 rings (SSSR count). The Hall–Kier alpha value is -0.960. The number of carbonyl (C=O) groups excluding carboxylic acids is 1. The molecule has 5 nitrogen and oxygen atoms in total. The summed E-state index contributed by atoms with van der Waals surface area (Å²) in [6.07, 6.45) is 7.27. The summed E-state index contributed by atoms with van der Waals surface area (Å²) in [5.74, 6) is 2.08. The summed E-state index contributed by atoms with van der Waals surface area (Å²) in [7, 11) is 0. The van der Waals surface area contributed by atoms with E-state index in [1.54, 1.807) is 0 Å². The van der Waals surface area contributed by atoms with Crippen LogP contribution in [0.5, 0.6) is 0 Å². The van der Waals surface area contributed by atoms with Crippen LogP contribution in [0.3, 0.4) is 0 Å². The monoisotopic (exact) mass is 445 g/mol. The molecule has 0 bridgehead atoms. The molecule has 5 heteroatoms. The van der Waals surface area contributed by atoms with Crippen LogP contribution in [0.25, 0.3) is 0 Å². The lowest BCUT2D eigenvalue weighted by Gasteiger charge is -2.63. The first-order valence-electron chi connectivity index (χ1n) is 13.1. The van der Waals surface area contributed by atoms with E-state index in [0.29, 0.717) is 48.9 Å². The molecular weight excluding hydrogens is 402 g/mol. The second kappa shape index (κ2) is 9.01. The molecule has 32 heavy (non-hydrogen) atoms. The Bertz CT molecular complexity index is 748. The summed E-state index contributed by atoms with van der Waals surface area (Å²) < 4.78 is 0. The SMILES string of the molecule is C[C@H](CCC(=O)CCC#N)[C@H]1CC[C@H]2[C@@H]3[C@H](O)C[C@@H]4C[C@H](O)CC[C@]4(C)[C@H]3C[C@H](O)[C@]12C.